The van der Waals surface area contributed by atoms with Crippen LogP contribution in [0.2, 0.25) is 0 Å². The number of hydrogen-bond donors (Lipinski definition) is 2. The van der Waals surface area contributed by atoms with Crippen molar-refractivity contribution in [1.82, 2.24) is 4.98 Å². The second-order valence-electron chi connectivity index (χ2n) is 2.48. The van der Waals surface area contributed by atoms with E-state index in [1.165, 1.54) is 6.20 Å². The van der Waals surface area contributed by atoms with Crippen molar-refractivity contribution in [2.75, 3.05) is 6.61 Å². The Balaban J connectivity index is 2.46. The smallest absolute Gasteiger partial charge is 0.336 e. The molecular weight excluding hydrogens is 254 g/mol. The van der Waals surface area contributed by atoms with Gasteiger partial charge in [-0.2, -0.15) is 0 Å². The Labute approximate surface area is 88.5 Å². The average Bonchev–Trinajstić information content (AvgIpc) is 2.16. The Morgan fingerprint density at radius 2 is 2.36 bits per heavy atom. The molecule has 2 N–H and O–H groups in total. The Morgan fingerprint density at radius 1 is 1.64 bits per heavy atom. The zero-order chi connectivity index (χ0) is 10.6. The van der Waals surface area contributed by atoms with Crippen molar-refractivity contribution >= 4 is 21.9 Å². The minimum Gasteiger partial charge on any atom is -0.489 e. The van der Waals surface area contributed by atoms with Crippen LogP contribution in [0.25, 0.3) is 0 Å². The van der Waals surface area contributed by atoms with Gasteiger partial charge < -0.3 is 14.9 Å². The van der Waals surface area contributed by atoms with Crippen LogP contribution in [-0.2, 0) is 4.79 Å². The van der Waals surface area contributed by atoms with E-state index in [0.717, 1.165) is 0 Å². The minimum atomic E-state index is -1.52. The first-order valence-corrected chi connectivity index (χ1v) is 4.54. The molecule has 0 saturated heterocycles. The van der Waals surface area contributed by atoms with Crippen molar-refractivity contribution in [3.05, 3.63) is 22.9 Å². The summed E-state index contributed by atoms with van der Waals surface area (Å²) in [4.78, 5) is 14.1. The molecule has 0 fully saturated rings. The third kappa shape index (κ3) is 3.31. The van der Waals surface area contributed by atoms with Gasteiger partial charge in [0, 0.05) is 0 Å². The number of ether oxygens (including phenoxy) is 1. The zero-order valence-corrected chi connectivity index (χ0v) is 8.64. The highest BCUT2D eigenvalue weighted by Gasteiger charge is 2.13. The molecule has 0 amide bonds. The number of carboxylic acids is 1. The lowest BCUT2D eigenvalue weighted by molar-refractivity contribution is -0.148. The molecule has 0 aliphatic heterocycles. The maximum absolute atomic E-state index is 10.2. The first-order chi connectivity index (χ1) is 6.59. The van der Waals surface area contributed by atoms with Crippen molar-refractivity contribution in [2.24, 2.45) is 0 Å². The van der Waals surface area contributed by atoms with E-state index < -0.39 is 12.1 Å². The second kappa shape index (κ2) is 4.92. The molecule has 1 atom stereocenters. The van der Waals surface area contributed by atoms with E-state index in [1.807, 2.05) is 0 Å². The number of aliphatic hydroxyl groups excluding tert-OH is 1. The van der Waals surface area contributed by atoms with Crippen LogP contribution in [-0.4, -0.2) is 33.9 Å². The third-order valence-corrected chi connectivity index (χ3v) is 1.86. The molecule has 1 heterocycles. The molecule has 6 heteroatoms. The van der Waals surface area contributed by atoms with Gasteiger partial charge in [-0.3, -0.25) is 0 Å². The average molecular weight is 262 g/mol. The van der Waals surface area contributed by atoms with E-state index >= 15 is 0 Å². The van der Waals surface area contributed by atoms with Crippen LogP contribution >= 0.6 is 15.9 Å². The maximum atomic E-state index is 10.2. The van der Waals surface area contributed by atoms with E-state index in [1.54, 1.807) is 12.1 Å². The van der Waals surface area contributed by atoms with E-state index in [9.17, 15) is 4.79 Å². The number of aliphatic carboxylic acids is 1. The standard InChI is InChI=1S/C8H8BrNO4/c9-7-2-1-5(3-10-7)14-4-6(11)8(12)13/h1-3,6,11H,4H2,(H,12,13). The quantitative estimate of drug-likeness (QED) is 0.779. The summed E-state index contributed by atoms with van der Waals surface area (Å²) in [6, 6.07) is 3.27. The van der Waals surface area contributed by atoms with Gasteiger partial charge in [0.2, 0.25) is 0 Å². The van der Waals surface area contributed by atoms with Crippen LogP contribution in [0.15, 0.2) is 22.9 Å². The summed E-state index contributed by atoms with van der Waals surface area (Å²) in [7, 11) is 0. The molecule has 0 spiro atoms. The van der Waals surface area contributed by atoms with Gasteiger partial charge in [0.05, 0.1) is 6.20 Å². The molecule has 1 unspecified atom stereocenters. The summed E-state index contributed by atoms with van der Waals surface area (Å²) in [5.74, 6) is -0.899. The molecule has 5 nitrogen and oxygen atoms in total. The van der Waals surface area contributed by atoms with E-state index in [2.05, 4.69) is 20.9 Å². The molecule has 76 valence electrons. The predicted octanol–water partition coefficient (Wildman–Crippen LogP) is 0.668. The molecule has 14 heavy (non-hydrogen) atoms. The van der Waals surface area contributed by atoms with Crippen molar-refractivity contribution in [1.29, 1.82) is 0 Å². The van der Waals surface area contributed by atoms with Crippen LogP contribution in [0.3, 0.4) is 0 Å². The van der Waals surface area contributed by atoms with Gasteiger partial charge in [-0.05, 0) is 28.1 Å². The molecule has 0 aliphatic carbocycles. The summed E-state index contributed by atoms with van der Waals surface area (Å²) in [5, 5.41) is 17.2. The number of halogens is 1. The number of aromatic nitrogens is 1. The van der Waals surface area contributed by atoms with Gasteiger partial charge in [-0.15, -0.1) is 0 Å². The number of pyridine rings is 1. The van der Waals surface area contributed by atoms with Crippen LogP contribution in [0, 0.1) is 0 Å². The number of rotatable bonds is 4. The minimum absolute atomic E-state index is 0.293. The fourth-order valence-electron chi connectivity index (χ4n) is 0.694. The molecule has 0 bridgehead atoms. The molecule has 0 aliphatic rings. The summed E-state index contributed by atoms with van der Waals surface area (Å²) in [5.41, 5.74) is 0. The zero-order valence-electron chi connectivity index (χ0n) is 7.05. The summed E-state index contributed by atoms with van der Waals surface area (Å²) in [6.45, 7) is -0.293. The third-order valence-electron chi connectivity index (χ3n) is 1.39. The van der Waals surface area contributed by atoms with E-state index in [-0.39, 0.29) is 6.61 Å². The van der Waals surface area contributed by atoms with Crippen LogP contribution < -0.4 is 4.74 Å². The summed E-state index contributed by atoms with van der Waals surface area (Å²) >= 11 is 3.14. The lowest BCUT2D eigenvalue weighted by atomic mass is 10.4. The summed E-state index contributed by atoms with van der Waals surface area (Å²) < 4.78 is 5.63. The first-order valence-electron chi connectivity index (χ1n) is 3.75. The van der Waals surface area contributed by atoms with Crippen LogP contribution in [0.5, 0.6) is 5.75 Å². The SMILES string of the molecule is O=C(O)C(O)COc1ccc(Br)nc1. The van der Waals surface area contributed by atoms with Crippen molar-refractivity contribution in [3.63, 3.8) is 0 Å². The van der Waals surface area contributed by atoms with Crippen molar-refractivity contribution in [2.45, 2.75) is 6.10 Å². The first kappa shape index (κ1) is 10.9. The molecule has 1 aromatic heterocycles. The van der Waals surface area contributed by atoms with Gasteiger partial charge in [0.25, 0.3) is 0 Å². The molecule has 1 aromatic rings. The van der Waals surface area contributed by atoms with Crippen LogP contribution in [0.1, 0.15) is 0 Å². The number of hydrogen-bond acceptors (Lipinski definition) is 4. The Morgan fingerprint density at radius 3 is 2.86 bits per heavy atom. The topological polar surface area (TPSA) is 79.7 Å². The lowest BCUT2D eigenvalue weighted by Crippen LogP contribution is -2.26. The molecule has 0 saturated carbocycles. The molecular formula is C8H8BrNO4. The highest BCUT2D eigenvalue weighted by Crippen LogP contribution is 2.12. The normalized spacial score (nSPS) is 12.1. The highest BCUT2D eigenvalue weighted by atomic mass is 79.9. The number of carboxylic acid groups (broad SMARTS) is 1. The number of aliphatic hydroxyl groups is 1. The Kier molecular flexibility index (Phi) is 3.84. The molecule has 0 aromatic carbocycles. The second-order valence-corrected chi connectivity index (χ2v) is 3.29. The van der Waals surface area contributed by atoms with Crippen LogP contribution in [0.4, 0.5) is 0 Å². The van der Waals surface area contributed by atoms with Gasteiger partial charge >= 0.3 is 5.97 Å². The predicted molar refractivity (Wildman–Crippen MR) is 51.1 cm³/mol. The van der Waals surface area contributed by atoms with Crippen molar-refractivity contribution < 1.29 is 19.7 Å². The fourth-order valence-corrected chi connectivity index (χ4v) is 0.929. The monoisotopic (exact) mass is 261 g/mol. The Hall–Kier alpha value is -1.14. The van der Waals surface area contributed by atoms with E-state index in [4.69, 9.17) is 14.9 Å². The molecule has 0 radical (unpaired) electrons. The largest absolute Gasteiger partial charge is 0.489 e. The number of nitrogens with zero attached hydrogens (tertiary/aromatic N) is 1. The maximum Gasteiger partial charge on any atom is 0.336 e. The Bertz CT molecular complexity index is 314. The van der Waals surface area contributed by atoms with Crippen molar-refractivity contribution in [3.8, 4) is 5.75 Å². The van der Waals surface area contributed by atoms with Gasteiger partial charge in [-0.1, -0.05) is 0 Å². The number of carbonyl (C=O) groups is 1. The highest BCUT2D eigenvalue weighted by molar-refractivity contribution is 9.10. The van der Waals surface area contributed by atoms with E-state index in [0.29, 0.717) is 10.4 Å². The molecule has 1 rings (SSSR count). The van der Waals surface area contributed by atoms with Gasteiger partial charge in [0.1, 0.15) is 17.0 Å². The van der Waals surface area contributed by atoms with Gasteiger partial charge in [0.15, 0.2) is 6.10 Å². The lowest BCUT2D eigenvalue weighted by Gasteiger charge is -2.07. The summed E-state index contributed by atoms with van der Waals surface area (Å²) in [6.07, 6.45) is -0.0859. The van der Waals surface area contributed by atoms with Gasteiger partial charge in [-0.25, -0.2) is 9.78 Å². The fraction of sp³-hybridized carbons (Fsp3) is 0.250.